The Labute approximate surface area is 158 Å². The first-order chi connectivity index (χ1) is 12.8. The normalized spacial score (nSPS) is 25.6. The number of hydrogen-bond acceptors (Lipinski definition) is 5. The van der Waals surface area contributed by atoms with E-state index in [1.165, 1.54) is 18.2 Å². The number of carbonyl (C=O) groups excluding carboxylic acids is 3. The van der Waals surface area contributed by atoms with Gasteiger partial charge in [0.1, 0.15) is 17.8 Å². The molecule has 1 aromatic rings. The summed E-state index contributed by atoms with van der Waals surface area (Å²) in [5.74, 6) is -1.52. The van der Waals surface area contributed by atoms with Gasteiger partial charge in [0.2, 0.25) is 11.8 Å². The first kappa shape index (κ1) is 20.5. The number of phenolic OH excluding ortho intramolecular Hbond substituents is 1. The maximum atomic E-state index is 12.7. The molecule has 7 nitrogen and oxygen atoms in total. The molecule has 1 heterocycles. The number of nitrogens with one attached hydrogen (secondary N) is 2. The van der Waals surface area contributed by atoms with Gasteiger partial charge in [0.15, 0.2) is 0 Å². The third-order valence-corrected chi connectivity index (χ3v) is 4.29. The van der Waals surface area contributed by atoms with Crippen LogP contribution in [-0.4, -0.2) is 41.6 Å². The van der Waals surface area contributed by atoms with E-state index in [2.05, 4.69) is 10.6 Å². The minimum absolute atomic E-state index is 0.109. The number of ether oxygens (including phenoxy) is 1. The van der Waals surface area contributed by atoms with Gasteiger partial charge < -0.3 is 20.5 Å². The van der Waals surface area contributed by atoms with Crippen molar-refractivity contribution in [3.63, 3.8) is 0 Å². The summed E-state index contributed by atoms with van der Waals surface area (Å²) in [6, 6.07) is 4.72. The van der Waals surface area contributed by atoms with Crippen LogP contribution in [-0.2, 0) is 25.5 Å². The summed E-state index contributed by atoms with van der Waals surface area (Å²) in [7, 11) is 0. The third kappa shape index (κ3) is 6.13. The molecule has 3 N–H and O–H groups in total. The maximum Gasteiger partial charge on any atom is 0.329 e. The van der Waals surface area contributed by atoms with Crippen LogP contribution in [0.1, 0.15) is 26.3 Å². The van der Waals surface area contributed by atoms with E-state index in [9.17, 15) is 19.5 Å². The topological polar surface area (TPSA) is 105 Å². The van der Waals surface area contributed by atoms with Crippen molar-refractivity contribution in [1.29, 1.82) is 0 Å². The smallest absolute Gasteiger partial charge is 0.329 e. The lowest BCUT2D eigenvalue weighted by molar-refractivity contribution is -0.149. The van der Waals surface area contributed by atoms with Crippen LogP contribution in [0.25, 0.3) is 0 Å². The number of hydrogen-bond donors (Lipinski definition) is 3. The second-order valence-electron chi connectivity index (χ2n) is 7.13. The van der Waals surface area contributed by atoms with E-state index in [1.54, 1.807) is 18.2 Å². The maximum absolute atomic E-state index is 12.7. The highest BCUT2D eigenvalue weighted by atomic mass is 16.5. The first-order valence-electron chi connectivity index (χ1n) is 9.00. The van der Waals surface area contributed by atoms with Gasteiger partial charge in [0, 0.05) is 12.3 Å². The Kier molecular flexibility index (Phi) is 6.98. The molecule has 1 aliphatic heterocycles. The number of amides is 2. The van der Waals surface area contributed by atoms with Gasteiger partial charge in [-0.05, 0) is 29.7 Å². The number of cyclic esters (lactones) is 1. The van der Waals surface area contributed by atoms with Crippen molar-refractivity contribution in [1.82, 2.24) is 10.6 Å². The van der Waals surface area contributed by atoms with E-state index in [0.717, 1.165) is 5.56 Å². The van der Waals surface area contributed by atoms with E-state index in [4.69, 9.17) is 4.74 Å². The fourth-order valence-electron chi connectivity index (χ4n) is 2.68. The molecule has 146 valence electrons. The van der Waals surface area contributed by atoms with Crippen molar-refractivity contribution >= 4 is 17.8 Å². The average Bonchev–Trinajstić information content (AvgIpc) is 2.62. The van der Waals surface area contributed by atoms with Crippen LogP contribution >= 0.6 is 0 Å². The van der Waals surface area contributed by atoms with Crippen LogP contribution in [0.3, 0.4) is 0 Å². The molecule has 0 fully saturated rings. The van der Waals surface area contributed by atoms with E-state index in [0.29, 0.717) is 0 Å². The molecule has 0 unspecified atom stereocenters. The van der Waals surface area contributed by atoms with Crippen molar-refractivity contribution in [3.8, 4) is 5.75 Å². The highest BCUT2D eigenvalue weighted by Gasteiger charge is 2.30. The number of benzene rings is 1. The van der Waals surface area contributed by atoms with Gasteiger partial charge in [-0.2, -0.15) is 0 Å². The Morgan fingerprint density at radius 1 is 1.15 bits per heavy atom. The van der Waals surface area contributed by atoms with Crippen LogP contribution in [0.5, 0.6) is 5.75 Å². The largest absolute Gasteiger partial charge is 0.508 e. The van der Waals surface area contributed by atoms with Crippen LogP contribution < -0.4 is 10.6 Å². The average molecular weight is 374 g/mol. The summed E-state index contributed by atoms with van der Waals surface area (Å²) in [6.45, 7) is 5.57. The van der Waals surface area contributed by atoms with Crippen molar-refractivity contribution < 1.29 is 24.2 Å². The third-order valence-electron chi connectivity index (χ3n) is 4.29. The number of aromatic hydroxyl groups is 1. The Hall–Kier alpha value is -2.83. The van der Waals surface area contributed by atoms with Gasteiger partial charge in [0.05, 0.1) is 6.61 Å². The highest BCUT2D eigenvalue weighted by molar-refractivity contribution is 5.94. The number of esters is 1. The van der Waals surface area contributed by atoms with Crippen LogP contribution in [0, 0.1) is 11.8 Å². The van der Waals surface area contributed by atoms with Crippen molar-refractivity contribution in [3.05, 3.63) is 42.0 Å². The standard InChI is InChI=1S/C20H26N2O5/c1-12(2)18-19(25)21-16(10-14-5-7-15(23)8-6-14)20(26)27-11-13(3)4-9-17(24)22-18/h4-9,12-13,16,18,23H,10-11H2,1-3H3,(H,21,25)(H,22,24)/b9-4+/t13-,16+,18+/m1/s1. The Morgan fingerprint density at radius 2 is 1.81 bits per heavy atom. The molecule has 0 saturated carbocycles. The molecule has 0 aromatic heterocycles. The van der Waals surface area contributed by atoms with E-state index in [1.807, 2.05) is 20.8 Å². The van der Waals surface area contributed by atoms with Crippen molar-refractivity contribution in [2.24, 2.45) is 11.8 Å². The molecule has 0 bridgehead atoms. The zero-order valence-corrected chi connectivity index (χ0v) is 15.8. The fourth-order valence-corrected chi connectivity index (χ4v) is 2.68. The van der Waals surface area contributed by atoms with Gasteiger partial charge in [-0.1, -0.05) is 39.0 Å². The van der Waals surface area contributed by atoms with E-state index >= 15 is 0 Å². The second-order valence-corrected chi connectivity index (χ2v) is 7.13. The summed E-state index contributed by atoms with van der Waals surface area (Å²) in [5.41, 5.74) is 0.764. The number of phenols is 1. The Balaban J connectivity index is 2.26. The minimum atomic E-state index is -0.893. The monoisotopic (exact) mass is 374 g/mol. The molecule has 0 aliphatic carbocycles. The summed E-state index contributed by atoms with van der Waals surface area (Å²) < 4.78 is 5.33. The van der Waals surface area contributed by atoms with E-state index < -0.39 is 24.0 Å². The second kappa shape index (κ2) is 9.21. The van der Waals surface area contributed by atoms with Crippen LogP contribution in [0.15, 0.2) is 36.4 Å². The molecule has 1 aliphatic rings. The summed E-state index contributed by atoms with van der Waals surface area (Å²) in [6.07, 6.45) is 3.22. The quantitative estimate of drug-likeness (QED) is 0.692. The summed E-state index contributed by atoms with van der Waals surface area (Å²) >= 11 is 0. The van der Waals surface area contributed by atoms with Gasteiger partial charge in [-0.3, -0.25) is 9.59 Å². The zero-order valence-electron chi connectivity index (χ0n) is 15.8. The number of carbonyl (C=O) groups is 3. The fraction of sp³-hybridized carbons (Fsp3) is 0.450. The Bertz CT molecular complexity index is 712. The first-order valence-corrected chi connectivity index (χ1v) is 9.00. The molecular formula is C20H26N2O5. The molecular weight excluding hydrogens is 348 g/mol. The zero-order chi connectivity index (χ0) is 20.0. The molecule has 0 spiro atoms. The van der Waals surface area contributed by atoms with Gasteiger partial charge in [-0.25, -0.2) is 4.79 Å². The minimum Gasteiger partial charge on any atom is -0.508 e. The van der Waals surface area contributed by atoms with Crippen LogP contribution in [0.4, 0.5) is 0 Å². The molecule has 0 saturated heterocycles. The predicted octanol–water partition coefficient (Wildman–Crippen LogP) is 1.31. The SMILES string of the molecule is CC(C)[C@@H]1NC(=O)/C=C/[C@@H](C)COC(=O)[C@H](Cc2ccc(O)cc2)NC1=O. The predicted molar refractivity (Wildman–Crippen MR) is 99.8 cm³/mol. The van der Waals surface area contributed by atoms with Crippen molar-refractivity contribution in [2.75, 3.05) is 6.61 Å². The van der Waals surface area contributed by atoms with Gasteiger partial charge in [0.25, 0.3) is 0 Å². The van der Waals surface area contributed by atoms with Crippen molar-refractivity contribution in [2.45, 2.75) is 39.3 Å². The molecule has 2 amide bonds. The molecule has 7 heteroatoms. The van der Waals surface area contributed by atoms with E-state index in [-0.39, 0.29) is 36.5 Å². The Morgan fingerprint density at radius 3 is 2.44 bits per heavy atom. The summed E-state index contributed by atoms with van der Waals surface area (Å²) in [5, 5.41) is 14.8. The molecule has 3 atom stereocenters. The molecule has 0 radical (unpaired) electrons. The van der Waals surface area contributed by atoms with Gasteiger partial charge >= 0.3 is 5.97 Å². The highest BCUT2D eigenvalue weighted by Crippen LogP contribution is 2.13. The summed E-state index contributed by atoms with van der Waals surface area (Å²) in [4.78, 5) is 37.3. The van der Waals surface area contributed by atoms with Gasteiger partial charge in [-0.15, -0.1) is 0 Å². The molecule has 27 heavy (non-hydrogen) atoms. The molecule has 2 rings (SSSR count). The lowest BCUT2D eigenvalue weighted by Gasteiger charge is -2.25. The lowest BCUT2D eigenvalue weighted by Crippen LogP contribution is -2.54. The molecule has 1 aromatic carbocycles. The number of rotatable bonds is 3. The lowest BCUT2D eigenvalue weighted by atomic mass is 10.0. The van der Waals surface area contributed by atoms with Crippen LogP contribution in [0.2, 0.25) is 0 Å².